The van der Waals surface area contributed by atoms with E-state index in [1.54, 1.807) is 25.1 Å². The zero-order valence-corrected chi connectivity index (χ0v) is 24.6. The van der Waals surface area contributed by atoms with E-state index in [0.717, 1.165) is 4.31 Å². The number of hydrogen-bond acceptors (Lipinski definition) is 5. The third-order valence-electron chi connectivity index (χ3n) is 6.06. The van der Waals surface area contributed by atoms with Crippen molar-refractivity contribution >= 4 is 62.3 Å². The Morgan fingerprint density at radius 3 is 2.05 bits per heavy atom. The van der Waals surface area contributed by atoms with E-state index in [0.29, 0.717) is 26.4 Å². The number of sulfonamides is 1. The van der Waals surface area contributed by atoms with Crippen molar-refractivity contribution < 1.29 is 22.7 Å². The number of carbonyl (C=O) groups is 2. The van der Waals surface area contributed by atoms with E-state index in [1.165, 1.54) is 67.6 Å². The van der Waals surface area contributed by atoms with Gasteiger partial charge in [-0.15, -0.1) is 0 Å². The largest absolute Gasteiger partial charge is 0.497 e. The molecule has 0 heterocycles. The summed E-state index contributed by atoms with van der Waals surface area (Å²) in [5, 5.41) is 3.59. The van der Waals surface area contributed by atoms with Crippen molar-refractivity contribution in [3.8, 4) is 5.75 Å². The van der Waals surface area contributed by atoms with Crippen LogP contribution < -0.4 is 14.4 Å². The predicted octanol–water partition coefficient (Wildman–Crippen LogP) is 5.40. The Kier molecular flexibility index (Phi) is 10.5. The molecule has 0 saturated carbocycles. The van der Waals surface area contributed by atoms with Gasteiger partial charge < -0.3 is 15.0 Å². The van der Waals surface area contributed by atoms with Gasteiger partial charge in [-0.05, 0) is 67.1 Å². The Morgan fingerprint density at radius 1 is 0.949 bits per heavy atom. The van der Waals surface area contributed by atoms with Crippen LogP contribution in [-0.4, -0.2) is 51.9 Å². The Bertz CT molecular complexity index is 1400. The molecule has 208 valence electrons. The molecule has 0 aliphatic heterocycles. The highest BCUT2D eigenvalue weighted by Gasteiger charge is 2.34. The Labute approximate surface area is 243 Å². The van der Waals surface area contributed by atoms with E-state index in [4.69, 9.17) is 39.5 Å². The van der Waals surface area contributed by atoms with Crippen LogP contribution in [-0.2, 0) is 26.2 Å². The molecule has 1 unspecified atom stereocenters. The van der Waals surface area contributed by atoms with Gasteiger partial charge in [-0.1, -0.05) is 47.8 Å². The minimum atomic E-state index is -4.23. The monoisotopic (exact) mass is 611 g/mol. The zero-order valence-electron chi connectivity index (χ0n) is 21.5. The van der Waals surface area contributed by atoms with E-state index < -0.39 is 34.4 Å². The van der Waals surface area contributed by atoms with E-state index >= 15 is 0 Å². The number of hydrogen-bond donors (Lipinski definition) is 1. The first-order valence-electron chi connectivity index (χ1n) is 11.9. The summed E-state index contributed by atoms with van der Waals surface area (Å²) in [4.78, 5) is 28.0. The molecule has 0 spiro atoms. The maximum absolute atomic E-state index is 13.9. The van der Waals surface area contributed by atoms with Crippen LogP contribution in [0.4, 0.5) is 5.69 Å². The minimum Gasteiger partial charge on any atom is -0.497 e. The highest BCUT2D eigenvalue weighted by atomic mass is 35.5. The number of methoxy groups -OCH3 is 1. The lowest BCUT2D eigenvalue weighted by Gasteiger charge is -2.33. The second kappa shape index (κ2) is 13.4. The quantitative estimate of drug-likeness (QED) is 0.313. The molecule has 0 bridgehead atoms. The lowest BCUT2D eigenvalue weighted by molar-refractivity contribution is -0.140. The molecule has 12 heteroatoms. The number of anilines is 1. The molecule has 39 heavy (non-hydrogen) atoms. The summed E-state index contributed by atoms with van der Waals surface area (Å²) >= 11 is 18.8. The van der Waals surface area contributed by atoms with Gasteiger partial charge in [0, 0.05) is 34.2 Å². The van der Waals surface area contributed by atoms with Crippen molar-refractivity contribution in [1.82, 2.24) is 10.2 Å². The van der Waals surface area contributed by atoms with E-state index in [-0.39, 0.29) is 23.5 Å². The Morgan fingerprint density at radius 2 is 1.54 bits per heavy atom. The molecule has 3 aromatic carbocycles. The molecule has 1 N–H and O–H groups in total. The van der Waals surface area contributed by atoms with Crippen LogP contribution in [0.5, 0.6) is 5.75 Å². The summed E-state index contributed by atoms with van der Waals surface area (Å²) in [7, 11) is -1.30. The van der Waals surface area contributed by atoms with Crippen LogP contribution in [0.25, 0.3) is 0 Å². The van der Waals surface area contributed by atoms with E-state index in [2.05, 4.69) is 5.32 Å². The smallest absolute Gasteiger partial charge is 0.264 e. The summed E-state index contributed by atoms with van der Waals surface area (Å²) in [5.74, 6) is -0.569. The van der Waals surface area contributed by atoms with Gasteiger partial charge in [0.1, 0.15) is 18.3 Å². The maximum atomic E-state index is 13.9. The first kappa shape index (κ1) is 30.6. The average Bonchev–Trinajstić information content (AvgIpc) is 2.93. The summed E-state index contributed by atoms with van der Waals surface area (Å²) in [6.45, 7) is 1.03. The third-order valence-corrected chi connectivity index (χ3v) is 8.81. The Hall–Kier alpha value is -2.98. The first-order chi connectivity index (χ1) is 18.5. The number of halogens is 3. The fourth-order valence-electron chi connectivity index (χ4n) is 3.95. The van der Waals surface area contributed by atoms with Crippen LogP contribution in [0, 0.1) is 0 Å². The number of amides is 2. The molecule has 0 fully saturated rings. The topological polar surface area (TPSA) is 96.0 Å². The number of nitrogens with one attached hydrogen (secondary N) is 1. The standard InChI is InChI=1S/C27H28Cl3N3O5S/c1-4-25(27(35)31-2)32(16-22-23(29)6-5-7-24(22)30)26(34)17-33(19-10-8-18(28)9-11-19)39(36,37)21-14-12-20(38-3)13-15-21/h5-15,25H,4,16-17H2,1-3H3,(H,31,35). The van der Waals surface area contributed by atoms with Gasteiger partial charge >= 0.3 is 0 Å². The number of nitrogens with zero attached hydrogens (tertiary/aromatic N) is 2. The molecule has 0 aromatic heterocycles. The van der Waals surface area contributed by atoms with Crippen LogP contribution in [0.1, 0.15) is 18.9 Å². The minimum absolute atomic E-state index is 0.0508. The second-order valence-corrected chi connectivity index (χ2v) is 11.5. The molecule has 0 aliphatic carbocycles. The van der Waals surface area contributed by atoms with Gasteiger partial charge in [-0.25, -0.2) is 8.42 Å². The van der Waals surface area contributed by atoms with Crippen molar-refractivity contribution in [2.24, 2.45) is 0 Å². The maximum Gasteiger partial charge on any atom is 0.264 e. The normalized spacial score (nSPS) is 11.9. The molecule has 2 amide bonds. The van der Waals surface area contributed by atoms with Gasteiger partial charge in [-0.3, -0.25) is 13.9 Å². The van der Waals surface area contributed by atoms with Crippen molar-refractivity contribution in [3.05, 3.63) is 87.4 Å². The lowest BCUT2D eigenvalue weighted by atomic mass is 10.1. The summed E-state index contributed by atoms with van der Waals surface area (Å²) in [5.41, 5.74) is 0.653. The Balaban J connectivity index is 2.09. The SMILES string of the molecule is CCC(C(=O)NC)N(Cc1c(Cl)cccc1Cl)C(=O)CN(c1ccc(Cl)cc1)S(=O)(=O)c1ccc(OC)cc1. The van der Waals surface area contributed by atoms with Gasteiger partial charge in [0.25, 0.3) is 10.0 Å². The third kappa shape index (κ3) is 7.16. The molecular formula is C27H28Cl3N3O5S. The van der Waals surface area contributed by atoms with Crippen LogP contribution in [0.3, 0.4) is 0 Å². The molecule has 0 radical (unpaired) electrons. The van der Waals surface area contributed by atoms with E-state index in [9.17, 15) is 18.0 Å². The molecule has 0 saturated heterocycles. The number of ether oxygens (including phenoxy) is 1. The predicted molar refractivity (Wildman–Crippen MR) is 154 cm³/mol. The van der Waals surface area contributed by atoms with E-state index in [1.807, 2.05) is 0 Å². The van der Waals surface area contributed by atoms with Crippen molar-refractivity contribution in [2.75, 3.05) is 25.0 Å². The van der Waals surface area contributed by atoms with Crippen LogP contribution in [0.2, 0.25) is 15.1 Å². The lowest BCUT2D eigenvalue weighted by Crippen LogP contribution is -2.51. The van der Waals surface area contributed by atoms with Crippen molar-refractivity contribution in [2.45, 2.75) is 30.8 Å². The van der Waals surface area contributed by atoms with Crippen LogP contribution in [0.15, 0.2) is 71.6 Å². The molecular weight excluding hydrogens is 585 g/mol. The van der Waals surface area contributed by atoms with Crippen LogP contribution >= 0.6 is 34.8 Å². The average molecular weight is 613 g/mol. The number of rotatable bonds is 11. The highest BCUT2D eigenvalue weighted by molar-refractivity contribution is 7.92. The highest BCUT2D eigenvalue weighted by Crippen LogP contribution is 2.29. The molecule has 1 atom stereocenters. The fraction of sp³-hybridized carbons (Fsp3) is 0.259. The van der Waals surface area contributed by atoms with Crippen molar-refractivity contribution in [1.29, 1.82) is 0 Å². The van der Waals surface area contributed by atoms with Gasteiger partial charge in [-0.2, -0.15) is 0 Å². The van der Waals surface area contributed by atoms with Crippen molar-refractivity contribution in [3.63, 3.8) is 0 Å². The second-order valence-electron chi connectivity index (χ2n) is 8.42. The van der Waals surface area contributed by atoms with Gasteiger partial charge in [0.2, 0.25) is 11.8 Å². The summed E-state index contributed by atoms with van der Waals surface area (Å²) < 4.78 is 33.8. The number of carbonyl (C=O) groups excluding carboxylic acids is 2. The number of benzene rings is 3. The van der Waals surface area contributed by atoms with Gasteiger partial charge in [0.05, 0.1) is 17.7 Å². The summed E-state index contributed by atoms with van der Waals surface area (Å²) in [6.07, 6.45) is 0.264. The number of likely N-dealkylation sites (N-methyl/N-ethyl adjacent to an activating group) is 1. The fourth-order valence-corrected chi connectivity index (χ4v) is 6.01. The molecule has 8 nitrogen and oxygen atoms in total. The summed E-state index contributed by atoms with van der Waals surface area (Å²) in [6, 6.07) is 15.9. The first-order valence-corrected chi connectivity index (χ1v) is 14.5. The molecule has 3 rings (SSSR count). The molecule has 0 aliphatic rings. The molecule has 3 aromatic rings. The zero-order chi connectivity index (χ0) is 28.7. The van der Waals surface area contributed by atoms with Gasteiger partial charge in [0.15, 0.2) is 0 Å².